The van der Waals surface area contributed by atoms with Crippen LogP contribution in [0.4, 0.5) is 0 Å². The van der Waals surface area contributed by atoms with Gasteiger partial charge in [-0.25, -0.2) is 0 Å². The van der Waals surface area contributed by atoms with Gasteiger partial charge in [0.05, 0.1) is 0 Å². The van der Waals surface area contributed by atoms with Crippen LogP contribution in [0.25, 0.3) is 0 Å². The molecule has 0 amide bonds. The quantitative estimate of drug-likeness (QED) is 0.604. The van der Waals surface area contributed by atoms with Crippen LogP contribution in [0.1, 0.15) is 6.92 Å². The minimum atomic E-state index is 0.874. The van der Waals surface area contributed by atoms with Gasteiger partial charge in [-0.3, -0.25) is 0 Å². The molecule has 1 N–H and O–H groups in total. The third-order valence-corrected chi connectivity index (χ3v) is 3.27. The fourth-order valence-electron chi connectivity index (χ4n) is 1.08. The number of hydrogen-bond acceptors (Lipinski definition) is 2. The summed E-state index contributed by atoms with van der Waals surface area (Å²) in [7, 11) is 0. The predicted octanol–water partition coefficient (Wildman–Crippen LogP) is 3.51. The highest BCUT2D eigenvalue weighted by Gasteiger charge is 1.92. The van der Waals surface area contributed by atoms with Crippen LogP contribution in [-0.4, -0.2) is 18.8 Å². The third kappa shape index (κ3) is 5.88. The highest BCUT2D eigenvalue weighted by atomic mass is 35.5. The van der Waals surface area contributed by atoms with E-state index in [0.29, 0.717) is 0 Å². The van der Waals surface area contributed by atoms with Crippen LogP contribution in [0.5, 0.6) is 0 Å². The highest BCUT2D eigenvalue weighted by Crippen LogP contribution is 2.15. The maximum Gasteiger partial charge on any atom is 0.0173 e. The number of hydrogen-bond donors (Lipinski definition) is 1. The molecule has 0 heterocycles. The summed E-state index contributed by atoms with van der Waals surface area (Å²) in [5.74, 6) is 1.08. The molecular formula is C12H16ClNS. The summed E-state index contributed by atoms with van der Waals surface area (Å²) >= 11 is 7.42. The van der Waals surface area contributed by atoms with Crippen molar-refractivity contribution >= 4 is 23.4 Å². The molecule has 0 fully saturated rings. The lowest BCUT2D eigenvalue weighted by Gasteiger charge is -2.04. The Morgan fingerprint density at radius 1 is 1.40 bits per heavy atom. The first-order chi connectivity index (χ1) is 7.33. The number of thioether (sulfide) groups is 1. The molecule has 0 aromatic heterocycles. The Balaban J connectivity index is 2.08. The summed E-state index contributed by atoms with van der Waals surface area (Å²) in [4.78, 5) is 1.32. The van der Waals surface area contributed by atoms with E-state index in [9.17, 15) is 0 Å². The van der Waals surface area contributed by atoms with E-state index in [1.165, 1.54) is 10.5 Å². The maximum atomic E-state index is 5.55. The Kier molecular flexibility index (Phi) is 6.57. The van der Waals surface area contributed by atoms with Gasteiger partial charge in [-0.1, -0.05) is 29.8 Å². The molecular weight excluding hydrogens is 226 g/mol. The minimum absolute atomic E-state index is 0.874. The summed E-state index contributed by atoms with van der Waals surface area (Å²) in [5, 5.41) is 3.33. The first-order valence-electron chi connectivity index (χ1n) is 4.97. The number of nitrogens with one attached hydrogen (secondary N) is 1. The Bertz CT molecular complexity index is 298. The van der Waals surface area contributed by atoms with Crippen molar-refractivity contribution in [2.75, 3.05) is 18.8 Å². The van der Waals surface area contributed by atoms with Gasteiger partial charge < -0.3 is 5.32 Å². The molecule has 0 unspecified atom stereocenters. The fourth-order valence-corrected chi connectivity index (χ4v) is 1.99. The molecule has 0 aliphatic heterocycles. The summed E-state index contributed by atoms with van der Waals surface area (Å²) in [6.07, 6.45) is 0. The zero-order valence-electron chi connectivity index (χ0n) is 8.87. The number of halogens is 1. The lowest BCUT2D eigenvalue weighted by molar-refractivity contribution is 0.783. The largest absolute Gasteiger partial charge is 0.312 e. The number of rotatable bonds is 6. The van der Waals surface area contributed by atoms with Gasteiger partial charge in [0.15, 0.2) is 0 Å². The van der Waals surface area contributed by atoms with E-state index in [0.717, 1.165) is 18.8 Å². The summed E-state index contributed by atoms with van der Waals surface area (Å²) < 4.78 is 0. The molecule has 0 aliphatic carbocycles. The molecule has 1 aromatic carbocycles. The Morgan fingerprint density at radius 2 is 2.13 bits per heavy atom. The van der Waals surface area contributed by atoms with Crippen LogP contribution in [0.15, 0.2) is 46.3 Å². The Labute approximate surface area is 101 Å². The third-order valence-electron chi connectivity index (χ3n) is 1.88. The second-order valence-electron chi connectivity index (χ2n) is 3.29. The Morgan fingerprint density at radius 3 is 2.80 bits per heavy atom. The molecule has 0 aliphatic rings. The topological polar surface area (TPSA) is 12.0 Å². The monoisotopic (exact) mass is 241 g/mol. The first-order valence-corrected chi connectivity index (χ1v) is 6.39. The average molecular weight is 242 g/mol. The van der Waals surface area contributed by atoms with E-state index >= 15 is 0 Å². The molecule has 0 atom stereocenters. The van der Waals surface area contributed by atoms with Crippen molar-refractivity contribution in [3.05, 3.63) is 41.4 Å². The smallest absolute Gasteiger partial charge is 0.0173 e. The van der Waals surface area contributed by atoms with E-state index in [4.69, 9.17) is 11.6 Å². The zero-order chi connectivity index (χ0) is 10.9. The van der Waals surface area contributed by atoms with Crippen molar-refractivity contribution in [2.45, 2.75) is 11.8 Å². The normalized spacial score (nSPS) is 11.7. The van der Waals surface area contributed by atoms with Crippen LogP contribution in [0, 0.1) is 0 Å². The maximum absolute atomic E-state index is 5.55. The lowest BCUT2D eigenvalue weighted by atomic mass is 10.3. The van der Waals surface area contributed by atoms with Crippen molar-refractivity contribution in [1.29, 1.82) is 0 Å². The summed E-state index contributed by atoms with van der Waals surface area (Å²) in [6, 6.07) is 10.4. The van der Waals surface area contributed by atoms with Crippen molar-refractivity contribution in [1.82, 2.24) is 5.32 Å². The standard InChI is InChI=1S/C12H16ClNS/c1-11(9-13)10-14-7-8-15-12-5-3-2-4-6-12/h2-6,9,14H,7-8,10H2,1H3/b11-9-. The molecule has 1 rings (SSSR count). The van der Waals surface area contributed by atoms with Crippen LogP contribution >= 0.6 is 23.4 Å². The van der Waals surface area contributed by atoms with Gasteiger partial charge in [0.25, 0.3) is 0 Å². The van der Waals surface area contributed by atoms with E-state index in [1.54, 1.807) is 5.54 Å². The molecule has 0 saturated carbocycles. The van der Waals surface area contributed by atoms with Gasteiger partial charge in [-0.2, -0.15) is 0 Å². The molecule has 0 spiro atoms. The van der Waals surface area contributed by atoms with Crippen LogP contribution in [0.3, 0.4) is 0 Å². The second-order valence-corrected chi connectivity index (χ2v) is 4.68. The zero-order valence-corrected chi connectivity index (χ0v) is 10.4. The lowest BCUT2D eigenvalue weighted by Crippen LogP contribution is -2.18. The summed E-state index contributed by atoms with van der Waals surface area (Å²) in [6.45, 7) is 3.89. The first kappa shape index (κ1) is 12.6. The average Bonchev–Trinajstić information content (AvgIpc) is 2.29. The molecule has 15 heavy (non-hydrogen) atoms. The van der Waals surface area contributed by atoms with Crippen molar-refractivity contribution in [2.24, 2.45) is 0 Å². The van der Waals surface area contributed by atoms with E-state index < -0.39 is 0 Å². The van der Waals surface area contributed by atoms with Gasteiger partial charge in [-0.05, 0) is 24.6 Å². The minimum Gasteiger partial charge on any atom is -0.312 e. The van der Waals surface area contributed by atoms with Crippen LogP contribution in [0.2, 0.25) is 0 Å². The fraction of sp³-hybridized carbons (Fsp3) is 0.333. The molecule has 0 bridgehead atoms. The van der Waals surface area contributed by atoms with E-state index in [-0.39, 0.29) is 0 Å². The second kappa shape index (κ2) is 7.80. The van der Waals surface area contributed by atoms with Crippen LogP contribution < -0.4 is 5.32 Å². The molecule has 1 nitrogen and oxygen atoms in total. The molecule has 0 radical (unpaired) electrons. The number of benzene rings is 1. The molecule has 3 heteroatoms. The van der Waals surface area contributed by atoms with Gasteiger partial charge in [0, 0.05) is 29.3 Å². The SMILES string of the molecule is C/C(=C/Cl)CNCCSc1ccccc1. The summed E-state index contributed by atoms with van der Waals surface area (Å²) in [5.41, 5.74) is 2.79. The molecule has 1 aromatic rings. The van der Waals surface area contributed by atoms with Crippen molar-refractivity contribution < 1.29 is 0 Å². The molecule has 0 saturated heterocycles. The van der Waals surface area contributed by atoms with Gasteiger partial charge in [0.2, 0.25) is 0 Å². The van der Waals surface area contributed by atoms with Gasteiger partial charge >= 0.3 is 0 Å². The molecule has 82 valence electrons. The van der Waals surface area contributed by atoms with Gasteiger partial charge in [-0.15, -0.1) is 11.8 Å². The van der Waals surface area contributed by atoms with Crippen LogP contribution in [-0.2, 0) is 0 Å². The predicted molar refractivity (Wildman–Crippen MR) is 69.6 cm³/mol. The van der Waals surface area contributed by atoms with Gasteiger partial charge in [0.1, 0.15) is 0 Å². The van der Waals surface area contributed by atoms with Crippen molar-refractivity contribution in [3.63, 3.8) is 0 Å². The van der Waals surface area contributed by atoms with E-state index in [2.05, 4.69) is 29.6 Å². The van der Waals surface area contributed by atoms with Crippen molar-refractivity contribution in [3.8, 4) is 0 Å². The highest BCUT2D eigenvalue weighted by molar-refractivity contribution is 7.99. The van der Waals surface area contributed by atoms with E-state index in [1.807, 2.05) is 24.8 Å². The Hall–Kier alpha value is -0.440.